The predicted octanol–water partition coefficient (Wildman–Crippen LogP) is 1.41. The quantitative estimate of drug-likeness (QED) is 0.633. The Kier molecular flexibility index (Phi) is 6.91. The smallest absolute Gasteiger partial charge is 0.258 e. The van der Waals surface area contributed by atoms with Gasteiger partial charge < -0.3 is 25.6 Å². The van der Waals surface area contributed by atoms with E-state index in [1.54, 1.807) is 42.5 Å². The first kappa shape index (κ1) is 20.5. The molecule has 1 saturated heterocycles. The second-order valence-electron chi connectivity index (χ2n) is 6.36. The number of benzene rings is 2. The molecule has 2 aromatic carbocycles. The Labute approximate surface area is 173 Å². The summed E-state index contributed by atoms with van der Waals surface area (Å²) in [5, 5.41) is 8.35. The van der Waals surface area contributed by atoms with E-state index in [2.05, 4.69) is 16.0 Å². The van der Waals surface area contributed by atoms with E-state index in [0.29, 0.717) is 29.5 Å². The minimum Gasteiger partial charge on any atom is -0.484 e. The number of nitrogens with zero attached hydrogens (tertiary/aromatic N) is 1. The highest BCUT2D eigenvalue weighted by Gasteiger charge is 2.19. The zero-order chi connectivity index (χ0) is 20.6. The molecule has 3 amide bonds. The number of para-hydroxylation sites is 1. The zero-order valence-corrected chi connectivity index (χ0v) is 16.4. The van der Waals surface area contributed by atoms with Crippen molar-refractivity contribution in [2.75, 3.05) is 43.0 Å². The van der Waals surface area contributed by atoms with Gasteiger partial charge in [0.2, 0.25) is 11.8 Å². The van der Waals surface area contributed by atoms with Gasteiger partial charge in [-0.05, 0) is 30.3 Å². The van der Waals surface area contributed by atoms with Crippen LogP contribution in [0.25, 0.3) is 0 Å². The van der Waals surface area contributed by atoms with Crippen LogP contribution in [0.5, 0.6) is 5.75 Å². The van der Waals surface area contributed by atoms with Crippen molar-refractivity contribution in [1.29, 1.82) is 0 Å². The first-order chi connectivity index (χ1) is 14.0. The number of piperazine rings is 1. The topological polar surface area (TPSA) is 99.8 Å². The maximum Gasteiger partial charge on any atom is 0.258 e. The molecule has 1 heterocycles. The van der Waals surface area contributed by atoms with Gasteiger partial charge in [-0.3, -0.25) is 14.4 Å². The zero-order valence-electron chi connectivity index (χ0n) is 15.6. The van der Waals surface area contributed by atoms with Crippen LogP contribution in [-0.4, -0.2) is 50.5 Å². The number of amides is 3. The molecule has 0 aromatic heterocycles. The Morgan fingerprint density at radius 3 is 2.66 bits per heavy atom. The lowest BCUT2D eigenvalue weighted by Gasteiger charge is -2.29. The van der Waals surface area contributed by atoms with Gasteiger partial charge in [-0.1, -0.05) is 29.8 Å². The highest BCUT2D eigenvalue weighted by molar-refractivity contribution is 6.33. The molecular formula is C20H21ClN4O4. The molecule has 3 rings (SSSR count). The molecule has 152 valence electrons. The molecule has 0 aliphatic carbocycles. The minimum atomic E-state index is -0.402. The third-order valence-electron chi connectivity index (χ3n) is 4.17. The summed E-state index contributed by atoms with van der Waals surface area (Å²) in [6, 6.07) is 14.0. The van der Waals surface area contributed by atoms with E-state index in [-0.39, 0.29) is 31.5 Å². The lowest BCUT2D eigenvalue weighted by atomic mass is 10.2. The molecule has 0 spiro atoms. The van der Waals surface area contributed by atoms with Crippen molar-refractivity contribution in [2.24, 2.45) is 0 Å². The largest absolute Gasteiger partial charge is 0.484 e. The summed E-state index contributed by atoms with van der Waals surface area (Å²) in [4.78, 5) is 37.3. The maximum atomic E-state index is 12.1. The Hall–Kier alpha value is -3.26. The SMILES string of the molecule is O=C(COc1ccccc1)NCC(=O)Nc1ccc(N2CCNC(=O)C2)c(Cl)c1. The van der Waals surface area contributed by atoms with E-state index >= 15 is 0 Å². The van der Waals surface area contributed by atoms with Gasteiger partial charge in [0.05, 0.1) is 23.8 Å². The Morgan fingerprint density at radius 1 is 1.14 bits per heavy atom. The van der Waals surface area contributed by atoms with Crippen molar-refractivity contribution < 1.29 is 19.1 Å². The van der Waals surface area contributed by atoms with Gasteiger partial charge in [-0.25, -0.2) is 0 Å². The van der Waals surface area contributed by atoms with Crippen LogP contribution in [0.15, 0.2) is 48.5 Å². The third kappa shape index (κ3) is 6.11. The molecule has 0 atom stereocenters. The minimum absolute atomic E-state index is 0.0586. The molecule has 0 radical (unpaired) electrons. The highest BCUT2D eigenvalue weighted by Crippen LogP contribution is 2.29. The molecular weight excluding hydrogens is 396 g/mol. The first-order valence-corrected chi connectivity index (χ1v) is 9.44. The Morgan fingerprint density at radius 2 is 1.93 bits per heavy atom. The van der Waals surface area contributed by atoms with Crippen LogP contribution >= 0.6 is 11.6 Å². The summed E-state index contributed by atoms with van der Waals surface area (Å²) < 4.78 is 5.32. The maximum absolute atomic E-state index is 12.1. The Bertz CT molecular complexity index is 891. The highest BCUT2D eigenvalue weighted by atomic mass is 35.5. The van der Waals surface area contributed by atoms with E-state index in [4.69, 9.17) is 16.3 Å². The van der Waals surface area contributed by atoms with Crippen LogP contribution in [0.1, 0.15) is 0 Å². The lowest BCUT2D eigenvalue weighted by molar-refractivity contribution is -0.125. The molecule has 0 bridgehead atoms. The molecule has 0 unspecified atom stereocenters. The number of nitrogens with one attached hydrogen (secondary N) is 3. The number of anilines is 2. The van der Waals surface area contributed by atoms with Crippen molar-refractivity contribution in [3.8, 4) is 5.75 Å². The average molecular weight is 417 g/mol. The van der Waals surface area contributed by atoms with E-state index in [1.165, 1.54) is 0 Å². The van der Waals surface area contributed by atoms with E-state index in [0.717, 1.165) is 5.69 Å². The second kappa shape index (κ2) is 9.79. The number of halogens is 1. The number of carbonyl (C=O) groups is 3. The summed E-state index contributed by atoms with van der Waals surface area (Å²) in [6.07, 6.45) is 0. The third-order valence-corrected chi connectivity index (χ3v) is 4.47. The van der Waals surface area contributed by atoms with Crippen LogP contribution in [0.2, 0.25) is 5.02 Å². The van der Waals surface area contributed by atoms with Crippen LogP contribution in [0, 0.1) is 0 Å². The molecule has 29 heavy (non-hydrogen) atoms. The molecule has 1 aliphatic heterocycles. The van der Waals surface area contributed by atoms with Gasteiger partial charge in [-0.2, -0.15) is 0 Å². The van der Waals surface area contributed by atoms with Gasteiger partial charge in [0.25, 0.3) is 5.91 Å². The van der Waals surface area contributed by atoms with E-state index < -0.39 is 5.91 Å². The molecule has 0 saturated carbocycles. The number of hydrogen-bond acceptors (Lipinski definition) is 5. The summed E-state index contributed by atoms with van der Waals surface area (Å²) in [7, 11) is 0. The van der Waals surface area contributed by atoms with E-state index in [1.807, 2.05) is 11.0 Å². The number of ether oxygens (including phenoxy) is 1. The fourth-order valence-electron chi connectivity index (χ4n) is 2.79. The average Bonchev–Trinajstić information content (AvgIpc) is 2.71. The number of carbonyl (C=O) groups excluding carboxylic acids is 3. The fraction of sp³-hybridized carbons (Fsp3) is 0.250. The molecule has 2 aromatic rings. The van der Waals surface area contributed by atoms with Crippen molar-refractivity contribution in [1.82, 2.24) is 10.6 Å². The van der Waals surface area contributed by atoms with Gasteiger partial charge in [-0.15, -0.1) is 0 Å². The molecule has 3 N–H and O–H groups in total. The molecule has 8 nitrogen and oxygen atoms in total. The molecule has 9 heteroatoms. The van der Waals surface area contributed by atoms with Gasteiger partial charge >= 0.3 is 0 Å². The van der Waals surface area contributed by atoms with Crippen molar-refractivity contribution in [3.63, 3.8) is 0 Å². The summed E-state index contributed by atoms with van der Waals surface area (Å²) >= 11 is 6.31. The van der Waals surface area contributed by atoms with Crippen molar-refractivity contribution >= 4 is 40.7 Å². The van der Waals surface area contributed by atoms with Crippen LogP contribution in [-0.2, 0) is 14.4 Å². The standard InChI is InChI=1S/C20H21ClN4O4/c21-16-10-14(6-7-17(16)25-9-8-22-19(27)12-25)24-18(26)11-23-20(28)13-29-15-4-2-1-3-5-15/h1-7,10H,8-9,11-13H2,(H,22,27)(H,23,28)(H,24,26). The van der Waals surface area contributed by atoms with Crippen LogP contribution in [0.4, 0.5) is 11.4 Å². The van der Waals surface area contributed by atoms with E-state index in [9.17, 15) is 14.4 Å². The lowest BCUT2D eigenvalue weighted by Crippen LogP contribution is -2.47. The number of hydrogen-bond donors (Lipinski definition) is 3. The van der Waals surface area contributed by atoms with Crippen LogP contribution < -0.4 is 25.6 Å². The normalized spacial score (nSPS) is 13.4. The van der Waals surface area contributed by atoms with Gasteiger partial charge in [0.15, 0.2) is 6.61 Å². The predicted molar refractivity (Wildman–Crippen MR) is 110 cm³/mol. The fourth-order valence-corrected chi connectivity index (χ4v) is 3.09. The summed E-state index contributed by atoms with van der Waals surface area (Å²) in [6.45, 7) is 1.09. The van der Waals surface area contributed by atoms with Crippen molar-refractivity contribution in [2.45, 2.75) is 0 Å². The molecule has 1 fully saturated rings. The summed E-state index contributed by atoms with van der Waals surface area (Å²) in [5.74, 6) is -0.273. The first-order valence-electron chi connectivity index (χ1n) is 9.07. The monoisotopic (exact) mass is 416 g/mol. The molecule has 1 aliphatic rings. The number of rotatable bonds is 7. The van der Waals surface area contributed by atoms with Crippen molar-refractivity contribution in [3.05, 3.63) is 53.6 Å². The summed E-state index contributed by atoms with van der Waals surface area (Å²) in [5.41, 5.74) is 1.23. The Balaban J connectivity index is 1.45. The van der Waals surface area contributed by atoms with Gasteiger partial charge in [0.1, 0.15) is 5.75 Å². The van der Waals surface area contributed by atoms with Crippen LogP contribution in [0.3, 0.4) is 0 Å². The second-order valence-corrected chi connectivity index (χ2v) is 6.77. The van der Waals surface area contributed by atoms with Gasteiger partial charge in [0, 0.05) is 18.8 Å².